The molecule has 0 aliphatic carbocycles. The number of carbonyl (C=O) groups is 1. The lowest BCUT2D eigenvalue weighted by atomic mass is 10.1. The zero-order chi connectivity index (χ0) is 18.3. The highest BCUT2D eigenvalue weighted by molar-refractivity contribution is 5.85. The summed E-state index contributed by atoms with van der Waals surface area (Å²) in [6, 6.07) is 1.35. The lowest BCUT2D eigenvalue weighted by Gasteiger charge is -2.08. The number of pyridine rings is 1. The number of hydrogen-bond acceptors (Lipinski definition) is 4. The van der Waals surface area contributed by atoms with E-state index in [0.717, 1.165) is 5.69 Å². The molecular weight excluding hydrogens is 332 g/mol. The fourth-order valence-corrected chi connectivity index (χ4v) is 2.80. The minimum Gasteiger partial charge on any atom is -0.481 e. The molecule has 0 bridgehead atoms. The van der Waals surface area contributed by atoms with Crippen LogP contribution in [0, 0.1) is 13.8 Å². The first-order valence-electron chi connectivity index (χ1n) is 7.66. The van der Waals surface area contributed by atoms with Gasteiger partial charge < -0.3 is 5.11 Å². The van der Waals surface area contributed by atoms with E-state index in [4.69, 9.17) is 5.11 Å². The molecule has 132 valence electrons. The van der Waals surface area contributed by atoms with Crippen LogP contribution in [-0.2, 0) is 18.4 Å². The molecule has 0 atom stereocenters. The Balaban J connectivity index is 2.25. The summed E-state index contributed by atoms with van der Waals surface area (Å²) in [6.07, 6.45) is -1.29. The fourth-order valence-electron chi connectivity index (χ4n) is 2.80. The molecule has 9 heteroatoms. The quantitative estimate of drug-likeness (QED) is 0.765. The molecule has 0 saturated heterocycles. The van der Waals surface area contributed by atoms with Crippen LogP contribution in [0.5, 0.6) is 0 Å². The van der Waals surface area contributed by atoms with Gasteiger partial charge in [0.25, 0.3) is 6.43 Å². The summed E-state index contributed by atoms with van der Waals surface area (Å²) in [5, 5.41) is 17.5. The van der Waals surface area contributed by atoms with E-state index in [1.165, 1.54) is 10.7 Å². The third-order valence-electron chi connectivity index (χ3n) is 4.19. The number of alkyl halides is 2. The average Bonchev–Trinajstić information content (AvgIpc) is 3.05. The van der Waals surface area contributed by atoms with Gasteiger partial charge in [0, 0.05) is 23.9 Å². The van der Waals surface area contributed by atoms with Crippen molar-refractivity contribution in [3.8, 4) is 11.3 Å². The molecule has 3 heterocycles. The van der Waals surface area contributed by atoms with Crippen molar-refractivity contribution in [1.82, 2.24) is 24.5 Å². The van der Waals surface area contributed by atoms with Crippen molar-refractivity contribution >= 4 is 17.0 Å². The van der Waals surface area contributed by atoms with Gasteiger partial charge in [-0.1, -0.05) is 0 Å². The smallest absolute Gasteiger partial charge is 0.305 e. The molecule has 3 aromatic heterocycles. The number of aliphatic carboxylic acids is 1. The number of fused-ring (bicyclic) bond motifs is 1. The Morgan fingerprint density at radius 1 is 1.36 bits per heavy atom. The second-order valence-electron chi connectivity index (χ2n) is 5.82. The molecule has 0 fully saturated rings. The summed E-state index contributed by atoms with van der Waals surface area (Å²) >= 11 is 0. The molecular formula is C16H17F2N5O2. The van der Waals surface area contributed by atoms with E-state index in [0.29, 0.717) is 17.0 Å². The van der Waals surface area contributed by atoms with Crippen LogP contribution < -0.4 is 0 Å². The summed E-state index contributed by atoms with van der Waals surface area (Å²) in [6.45, 7) is 3.50. The maximum atomic E-state index is 13.6. The number of halogens is 2. The number of carboxylic acid groups (broad SMARTS) is 1. The van der Waals surface area contributed by atoms with Crippen LogP contribution in [0.2, 0.25) is 0 Å². The molecule has 0 aromatic carbocycles. The van der Waals surface area contributed by atoms with Crippen molar-refractivity contribution in [2.75, 3.05) is 0 Å². The Morgan fingerprint density at radius 2 is 2.08 bits per heavy atom. The molecule has 7 nitrogen and oxygen atoms in total. The molecule has 0 amide bonds. The average molecular weight is 349 g/mol. The molecule has 0 unspecified atom stereocenters. The Kier molecular flexibility index (Phi) is 4.23. The van der Waals surface area contributed by atoms with Crippen molar-refractivity contribution in [3.63, 3.8) is 0 Å². The largest absolute Gasteiger partial charge is 0.481 e. The second kappa shape index (κ2) is 6.23. The van der Waals surface area contributed by atoms with Crippen LogP contribution in [0.3, 0.4) is 0 Å². The number of carboxylic acids is 1. The number of aryl methyl sites for hydroxylation is 3. The summed E-state index contributed by atoms with van der Waals surface area (Å²) in [5.74, 6) is -0.991. The van der Waals surface area contributed by atoms with Gasteiger partial charge >= 0.3 is 5.97 Å². The highest BCUT2D eigenvalue weighted by Crippen LogP contribution is 2.33. The second-order valence-corrected chi connectivity index (χ2v) is 5.82. The van der Waals surface area contributed by atoms with Crippen LogP contribution in [-0.4, -0.2) is 35.6 Å². The van der Waals surface area contributed by atoms with Crippen LogP contribution in [0.15, 0.2) is 12.3 Å². The number of rotatable bonds is 5. The van der Waals surface area contributed by atoms with Crippen molar-refractivity contribution in [1.29, 1.82) is 0 Å². The predicted octanol–water partition coefficient (Wildman–Crippen LogP) is 2.86. The molecule has 0 aliphatic rings. The Labute approximate surface area is 141 Å². The molecule has 0 aliphatic heterocycles. The zero-order valence-electron chi connectivity index (χ0n) is 14.0. The number of aromatic nitrogens is 5. The van der Waals surface area contributed by atoms with Gasteiger partial charge in [0.1, 0.15) is 0 Å². The monoisotopic (exact) mass is 349 g/mol. The Bertz CT molecular complexity index is 961. The van der Waals surface area contributed by atoms with Crippen molar-refractivity contribution in [2.45, 2.75) is 33.2 Å². The van der Waals surface area contributed by atoms with E-state index in [1.807, 2.05) is 6.92 Å². The first kappa shape index (κ1) is 17.0. The van der Waals surface area contributed by atoms with E-state index in [1.54, 1.807) is 24.9 Å². The lowest BCUT2D eigenvalue weighted by molar-refractivity contribution is -0.137. The van der Waals surface area contributed by atoms with Gasteiger partial charge in [0.15, 0.2) is 5.65 Å². The predicted molar refractivity (Wildman–Crippen MR) is 86.4 cm³/mol. The molecule has 0 radical (unpaired) electrons. The van der Waals surface area contributed by atoms with Crippen molar-refractivity contribution in [2.24, 2.45) is 7.05 Å². The van der Waals surface area contributed by atoms with Gasteiger partial charge in [-0.2, -0.15) is 10.2 Å². The third kappa shape index (κ3) is 2.97. The molecule has 1 N–H and O–H groups in total. The van der Waals surface area contributed by atoms with E-state index < -0.39 is 12.4 Å². The van der Waals surface area contributed by atoms with Gasteiger partial charge in [-0.15, -0.1) is 0 Å². The summed E-state index contributed by atoms with van der Waals surface area (Å²) in [7, 11) is 1.76. The molecule has 3 aromatic rings. The molecule has 0 spiro atoms. The first-order chi connectivity index (χ1) is 11.8. The maximum Gasteiger partial charge on any atom is 0.305 e. The highest BCUT2D eigenvalue weighted by Gasteiger charge is 2.22. The summed E-state index contributed by atoms with van der Waals surface area (Å²) < 4.78 is 30.3. The van der Waals surface area contributed by atoms with Crippen molar-refractivity contribution in [3.05, 3.63) is 29.2 Å². The van der Waals surface area contributed by atoms with Gasteiger partial charge in [-0.3, -0.25) is 9.48 Å². The summed E-state index contributed by atoms with van der Waals surface area (Å²) in [4.78, 5) is 15.3. The Hall–Kier alpha value is -2.84. The Morgan fingerprint density at radius 3 is 2.64 bits per heavy atom. The van der Waals surface area contributed by atoms with Gasteiger partial charge in [0.05, 0.1) is 35.9 Å². The van der Waals surface area contributed by atoms with E-state index >= 15 is 0 Å². The topological polar surface area (TPSA) is 85.8 Å². The summed E-state index contributed by atoms with van der Waals surface area (Å²) in [5.41, 5.74) is 2.30. The van der Waals surface area contributed by atoms with Crippen LogP contribution in [0.25, 0.3) is 22.3 Å². The number of hydrogen-bond donors (Lipinski definition) is 1. The van der Waals surface area contributed by atoms with E-state index in [9.17, 15) is 13.6 Å². The van der Waals surface area contributed by atoms with Crippen LogP contribution in [0.4, 0.5) is 8.78 Å². The van der Waals surface area contributed by atoms with Gasteiger partial charge in [0.2, 0.25) is 0 Å². The molecule has 25 heavy (non-hydrogen) atoms. The zero-order valence-corrected chi connectivity index (χ0v) is 14.0. The van der Waals surface area contributed by atoms with Gasteiger partial charge in [-0.25, -0.2) is 18.4 Å². The highest BCUT2D eigenvalue weighted by atomic mass is 19.3. The first-order valence-corrected chi connectivity index (χ1v) is 7.66. The minimum atomic E-state index is -2.70. The SMILES string of the molecule is Cc1nn(CCC(=O)O)c2nc(-c3cnn(C)c3C)cc(C(F)F)c12. The number of nitrogens with zero attached hydrogens (tertiary/aromatic N) is 5. The van der Waals surface area contributed by atoms with E-state index in [2.05, 4.69) is 15.2 Å². The van der Waals surface area contributed by atoms with Crippen LogP contribution in [0.1, 0.15) is 29.8 Å². The van der Waals surface area contributed by atoms with Crippen LogP contribution >= 0.6 is 0 Å². The molecule has 0 saturated carbocycles. The van der Waals surface area contributed by atoms with Crippen molar-refractivity contribution < 1.29 is 18.7 Å². The maximum absolute atomic E-state index is 13.6. The molecule has 3 rings (SSSR count). The minimum absolute atomic E-state index is 0.0603. The lowest BCUT2D eigenvalue weighted by Crippen LogP contribution is -2.07. The van der Waals surface area contributed by atoms with Gasteiger partial charge in [-0.05, 0) is 19.9 Å². The fraction of sp³-hybridized carbons (Fsp3) is 0.375. The third-order valence-corrected chi connectivity index (χ3v) is 4.19. The normalized spacial score (nSPS) is 11.6. The standard InChI is InChI=1S/C16H17F2N5O2/c1-8-14-10(15(17)18)6-12(11-7-19-22(3)9(11)2)20-16(14)23(21-8)5-4-13(24)25/h6-7,15H,4-5H2,1-3H3,(H,24,25). The van der Waals surface area contributed by atoms with E-state index in [-0.39, 0.29) is 29.6 Å².